The highest BCUT2D eigenvalue weighted by molar-refractivity contribution is 5.25. The first-order valence-corrected chi connectivity index (χ1v) is 20.0. The van der Waals surface area contributed by atoms with Crippen molar-refractivity contribution in [2.75, 3.05) is 13.1 Å². The van der Waals surface area contributed by atoms with Gasteiger partial charge in [-0.05, 0) is 125 Å². The Morgan fingerprint density at radius 2 is 1.45 bits per heavy atom. The number of allylic oxidation sites excluding steroid dienone is 2. The molecule has 3 N–H and O–H groups in total. The molecule has 0 spiro atoms. The van der Waals surface area contributed by atoms with Crippen LogP contribution in [-0.4, -0.2) is 36.2 Å². The summed E-state index contributed by atoms with van der Waals surface area (Å²) < 4.78 is 0. The van der Waals surface area contributed by atoms with E-state index in [-0.39, 0.29) is 0 Å². The Morgan fingerprint density at radius 1 is 0.745 bits per heavy atom. The molecule has 4 nitrogen and oxygen atoms in total. The quantitative estimate of drug-likeness (QED) is 0.216. The van der Waals surface area contributed by atoms with Crippen LogP contribution >= 0.6 is 0 Å². The maximum Gasteiger partial charge on any atom is 0.0457 e. The minimum atomic E-state index is 0.507. The van der Waals surface area contributed by atoms with Crippen LogP contribution in [0.15, 0.2) is 66.0 Å². The number of nitrogens with zero attached hydrogens (tertiary/aromatic N) is 1. The summed E-state index contributed by atoms with van der Waals surface area (Å²) in [6.07, 6.45) is 23.3. The van der Waals surface area contributed by atoms with Crippen LogP contribution in [0.3, 0.4) is 0 Å². The van der Waals surface area contributed by atoms with Gasteiger partial charge in [0.15, 0.2) is 0 Å². The molecule has 6 rings (SSSR count). The molecule has 47 heavy (non-hydrogen) atoms. The molecule has 260 valence electrons. The van der Waals surface area contributed by atoms with Crippen LogP contribution in [0.5, 0.6) is 0 Å². The molecule has 8 atom stereocenters. The lowest BCUT2D eigenvalue weighted by Gasteiger charge is -2.43. The van der Waals surface area contributed by atoms with Crippen molar-refractivity contribution in [1.82, 2.24) is 20.9 Å². The predicted molar refractivity (Wildman–Crippen MR) is 201 cm³/mol. The summed E-state index contributed by atoms with van der Waals surface area (Å²) in [6, 6.07) is 19.5. The van der Waals surface area contributed by atoms with E-state index >= 15 is 0 Å². The maximum atomic E-state index is 4.79. The lowest BCUT2D eigenvalue weighted by molar-refractivity contribution is 0.178. The third-order valence-electron chi connectivity index (χ3n) is 12.3. The summed E-state index contributed by atoms with van der Waals surface area (Å²) in [5, 5.41) is 11.7. The van der Waals surface area contributed by atoms with Crippen molar-refractivity contribution < 1.29 is 0 Å². The molecule has 4 heterocycles. The highest BCUT2D eigenvalue weighted by Gasteiger charge is 2.37. The number of hydrogen-bond acceptors (Lipinski definition) is 4. The number of hydrogen-bond donors (Lipinski definition) is 3. The zero-order valence-corrected chi connectivity index (χ0v) is 30.5. The second-order valence-corrected chi connectivity index (χ2v) is 15.4. The van der Waals surface area contributed by atoms with Gasteiger partial charge in [-0.1, -0.05) is 102 Å². The predicted octanol–water partition coefficient (Wildman–Crippen LogP) is 10.3. The second-order valence-electron chi connectivity index (χ2n) is 15.4. The van der Waals surface area contributed by atoms with E-state index in [0.29, 0.717) is 29.8 Å². The fourth-order valence-electron chi connectivity index (χ4n) is 9.61. The van der Waals surface area contributed by atoms with Gasteiger partial charge in [0.2, 0.25) is 0 Å². The average Bonchev–Trinajstić information content (AvgIpc) is 3.14. The minimum absolute atomic E-state index is 0.507. The molecule has 8 unspecified atom stereocenters. The molecule has 0 saturated carbocycles. The lowest BCUT2D eigenvalue weighted by atomic mass is 9.70. The van der Waals surface area contributed by atoms with Crippen molar-refractivity contribution in [1.29, 1.82) is 0 Å². The van der Waals surface area contributed by atoms with Crippen LogP contribution < -0.4 is 16.0 Å². The molecule has 1 aromatic heterocycles. The third kappa shape index (κ3) is 9.94. The van der Waals surface area contributed by atoms with Crippen molar-refractivity contribution in [3.63, 3.8) is 0 Å². The van der Waals surface area contributed by atoms with Gasteiger partial charge < -0.3 is 16.0 Å². The lowest BCUT2D eigenvalue weighted by Crippen LogP contribution is -2.46. The second kappa shape index (κ2) is 19.1. The molecular weight excluding hydrogens is 573 g/mol. The van der Waals surface area contributed by atoms with Crippen LogP contribution in [0.4, 0.5) is 0 Å². The molecule has 3 aliphatic heterocycles. The first kappa shape index (κ1) is 36.1. The van der Waals surface area contributed by atoms with E-state index in [0.717, 1.165) is 17.9 Å². The summed E-state index contributed by atoms with van der Waals surface area (Å²) in [5.74, 6) is 3.56. The SMILES string of the molecule is CCCC(C1CCC2=C(C1)NC(C(c1ccccn1)C(C)CC)CC2)C1CCCCN1.CCCC(c1ccccc1)C1CCCCN1. The molecular formula is C43H68N4. The van der Waals surface area contributed by atoms with E-state index in [1.165, 1.54) is 127 Å². The fourth-order valence-corrected chi connectivity index (χ4v) is 9.61. The summed E-state index contributed by atoms with van der Waals surface area (Å²) >= 11 is 0. The third-order valence-corrected chi connectivity index (χ3v) is 12.3. The van der Waals surface area contributed by atoms with Gasteiger partial charge in [-0.25, -0.2) is 0 Å². The molecule has 2 fully saturated rings. The monoisotopic (exact) mass is 641 g/mol. The molecule has 2 aromatic rings. The van der Waals surface area contributed by atoms with Gasteiger partial charge in [-0.15, -0.1) is 0 Å². The number of nitrogens with one attached hydrogen (secondary N) is 3. The average molecular weight is 641 g/mol. The smallest absolute Gasteiger partial charge is 0.0457 e. The van der Waals surface area contributed by atoms with Crippen LogP contribution in [0.2, 0.25) is 0 Å². The number of pyridine rings is 1. The Kier molecular flexibility index (Phi) is 14.7. The van der Waals surface area contributed by atoms with Crippen molar-refractivity contribution in [2.45, 2.75) is 160 Å². The van der Waals surface area contributed by atoms with E-state index in [1.54, 1.807) is 11.3 Å². The topological polar surface area (TPSA) is 49.0 Å². The van der Waals surface area contributed by atoms with Crippen LogP contribution in [0, 0.1) is 17.8 Å². The molecule has 1 aromatic carbocycles. The molecule has 4 heteroatoms. The normalized spacial score (nSPS) is 27.3. The number of benzene rings is 1. The van der Waals surface area contributed by atoms with Gasteiger partial charge >= 0.3 is 0 Å². The van der Waals surface area contributed by atoms with E-state index in [9.17, 15) is 0 Å². The molecule has 0 bridgehead atoms. The summed E-state index contributed by atoms with van der Waals surface area (Å²) in [4.78, 5) is 4.79. The fraction of sp³-hybridized carbons (Fsp3) is 0.698. The van der Waals surface area contributed by atoms with Crippen LogP contribution in [0.1, 0.15) is 154 Å². The van der Waals surface area contributed by atoms with Gasteiger partial charge in [0.1, 0.15) is 0 Å². The first-order chi connectivity index (χ1) is 23.1. The Morgan fingerprint density at radius 3 is 2.09 bits per heavy atom. The maximum absolute atomic E-state index is 4.79. The molecule has 1 aliphatic carbocycles. The van der Waals surface area contributed by atoms with E-state index in [1.807, 2.05) is 12.3 Å². The Labute approximate surface area is 288 Å². The summed E-state index contributed by atoms with van der Waals surface area (Å²) in [6.45, 7) is 11.8. The van der Waals surface area contributed by atoms with Gasteiger partial charge in [0.05, 0.1) is 0 Å². The first-order valence-electron chi connectivity index (χ1n) is 20.0. The highest BCUT2D eigenvalue weighted by Crippen LogP contribution is 2.43. The van der Waals surface area contributed by atoms with Gasteiger partial charge in [0.25, 0.3) is 0 Å². The number of piperidine rings is 2. The van der Waals surface area contributed by atoms with E-state index < -0.39 is 0 Å². The summed E-state index contributed by atoms with van der Waals surface area (Å²) in [7, 11) is 0. The van der Waals surface area contributed by atoms with Crippen molar-refractivity contribution in [3.8, 4) is 0 Å². The van der Waals surface area contributed by atoms with Crippen molar-refractivity contribution in [3.05, 3.63) is 77.3 Å². The molecule has 0 amide bonds. The highest BCUT2D eigenvalue weighted by atomic mass is 15.0. The Hall–Kier alpha value is -2.17. The van der Waals surface area contributed by atoms with Crippen LogP contribution in [-0.2, 0) is 0 Å². The summed E-state index contributed by atoms with van der Waals surface area (Å²) in [5.41, 5.74) is 6.15. The Bertz CT molecular complexity index is 1170. The number of aromatic nitrogens is 1. The van der Waals surface area contributed by atoms with Crippen LogP contribution in [0.25, 0.3) is 0 Å². The van der Waals surface area contributed by atoms with E-state index in [4.69, 9.17) is 4.98 Å². The van der Waals surface area contributed by atoms with Gasteiger partial charge in [0, 0.05) is 41.6 Å². The van der Waals surface area contributed by atoms with Gasteiger partial charge in [-0.2, -0.15) is 0 Å². The number of rotatable bonds is 12. The van der Waals surface area contributed by atoms with Crippen molar-refractivity contribution in [2.24, 2.45) is 17.8 Å². The standard InChI is InChI=1S/C28H45N3.C15H23N/c1-4-10-23(24-11-6-8-17-29-24)22-14-13-21-15-16-26(31-27(21)19-22)28(20(3)5-2)25-12-7-9-18-30-25;1-2-8-14(13-9-4-3-5-10-13)15-11-6-7-12-16-15/h7,9,12,18,20,22-24,26,28-29,31H,4-6,8,10-11,13-17,19H2,1-3H3;3-5,9-10,14-16H,2,6-8,11-12H2,1H3. The van der Waals surface area contributed by atoms with E-state index in [2.05, 4.69) is 86.1 Å². The zero-order valence-electron chi connectivity index (χ0n) is 30.5. The minimum Gasteiger partial charge on any atom is -0.385 e. The zero-order chi connectivity index (χ0) is 32.8. The van der Waals surface area contributed by atoms with Gasteiger partial charge in [-0.3, -0.25) is 4.98 Å². The largest absolute Gasteiger partial charge is 0.385 e. The van der Waals surface area contributed by atoms with Crippen molar-refractivity contribution >= 4 is 0 Å². The Balaban J connectivity index is 0.000000227. The molecule has 2 saturated heterocycles. The molecule has 4 aliphatic rings. The molecule has 0 radical (unpaired) electrons.